The lowest BCUT2D eigenvalue weighted by Crippen LogP contribution is -2.34. The van der Waals surface area contributed by atoms with Crippen molar-refractivity contribution in [3.63, 3.8) is 0 Å². The van der Waals surface area contributed by atoms with E-state index in [1.807, 2.05) is 18.7 Å². The largest absolute Gasteiger partial charge is 0.389 e. The molecule has 0 bridgehead atoms. The van der Waals surface area contributed by atoms with E-state index in [0.29, 0.717) is 5.25 Å². The maximum absolute atomic E-state index is 12.3. The minimum absolute atomic E-state index is 0.00787. The molecule has 0 aromatic heterocycles. The molecule has 1 unspecified atom stereocenters. The lowest BCUT2D eigenvalue weighted by atomic mass is 10.0. The number of hydrogen-bond acceptors (Lipinski definition) is 2. The van der Waals surface area contributed by atoms with Gasteiger partial charge in [0.15, 0.2) is 0 Å². The second-order valence-electron chi connectivity index (χ2n) is 5.40. The van der Waals surface area contributed by atoms with Gasteiger partial charge in [-0.3, -0.25) is 0 Å². The fraction of sp³-hybridized carbons (Fsp3) is 1.00. The molecular weight excluding hydrogens is 271 g/mol. The van der Waals surface area contributed by atoms with E-state index in [2.05, 4.69) is 5.32 Å². The van der Waals surface area contributed by atoms with Crippen LogP contribution in [0.15, 0.2) is 0 Å². The van der Waals surface area contributed by atoms with Crippen molar-refractivity contribution >= 4 is 11.8 Å². The summed E-state index contributed by atoms with van der Waals surface area (Å²) in [6.45, 7) is 2.86. The molecule has 0 aromatic rings. The number of alkyl halides is 3. The average molecular weight is 297 g/mol. The second-order valence-corrected chi connectivity index (χ2v) is 6.73. The molecule has 0 radical (unpaired) electrons. The molecule has 1 fully saturated rings. The molecule has 0 saturated heterocycles. The first kappa shape index (κ1) is 17.2. The summed E-state index contributed by atoms with van der Waals surface area (Å²) < 4.78 is 36.9. The number of hydrogen-bond donors (Lipinski definition) is 1. The van der Waals surface area contributed by atoms with Gasteiger partial charge in [-0.2, -0.15) is 24.9 Å². The van der Waals surface area contributed by atoms with Crippen molar-refractivity contribution in [3.8, 4) is 0 Å². The van der Waals surface area contributed by atoms with E-state index in [9.17, 15) is 13.2 Å². The van der Waals surface area contributed by atoms with Gasteiger partial charge in [0.1, 0.15) is 0 Å². The summed E-state index contributed by atoms with van der Waals surface area (Å²) in [4.78, 5) is 0. The van der Waals surface area contributed by atoms with Crippen molar-refractivity contribution in [3.05, 3.63) is 0 Å². The van der Waals surface area contributed by atoms with E-state index in [4.69, 9.17) is 0 Å². The second kappa shape index (κ2) is 9.11. The molecule has 0 spiro atoms. The fourth-order valence-electron chi connectivity index (χ4n) is 2.41. The van der Waals surface area contributed by atoms with Crippen LogP contribution in [0.2, 0.25) is 0 Å². The third-order valence-electron chi connectivity index (χ3n) is 3.54. The summed E-state index contributed by atoms with van der Waals surface area (Å²) in [5, 5.41) is 3.93. The number of halogens is 3. The summed E-state index contributed by atoms with van der Waals surface area (Å²) in [5.41, 5.74) is 0. The van der Waals surface area contributed by atoms with Crippen molar-refractivity contribution < 1.29 is 13.2 Å². The molecule has 1 aliphatic rings. The van der Waals surface area contributed by atoms with Crippen LogP contribution in [-0.2, 0) is 0 Å². The van der Waals surface area contributed by atoms with E-state index < -0.39 is 12.6 Å². The Balaban J connectivity index is 2.26. The Morgan fingerprint density at radius 3 is 2.47 bits per heavy atom. The Morgan fingerprint density at radius 1 is 1.21 bits per heavy atom. The van der Waals surface area contributed by atoms with Crippen LogP contribution in [0, 0.1) is 0 Å². The minimum Gasteiger partial charge on any atom is -0.313 e. The lowest BCUT2D eigenvalue weighted by molar-refractivity contribution is -0.136. The zero-order chi connectivity index (χ0) is 14.1. The van der Waals surface area contributed by atoms with Gasteiger partial charge in [0.05, 0.1) is 0 Å². The Kier molecular flexibility index (Phi) is 8.23. The van der Waals surface area contributed by atoms with Gasteiger partial charge in [-0.05, 0) is 32.2 Å². The van der Waals surface area contributed by atoms with Gasteiger partial charge >= 0.3 is 6.18 Å². The first-order chi connectivity index (χ1) is 9.01. The molecule has 114 valence electrons. The van der Waals surface area contributed by atoms with E-state index in [1.54, 1.807) is 0 Å². The average Bonchev–Trinajstić information content (AvgIpc) is 2.38. The Labute approximate surface area is 119 Å². The third-order valence-corrected chi connectivity index (χ3v) is 5.08. The van der Waals surface area contributed by atoms with Crippen LogP contribution in [0.25, 0.3) is 0 Å². The molecule has 1 aliphatic carbocycles. The lowest BCUT2D eigenvalue weighted by Gasteiger charge is -2.25. The van der Waals surface area contributed by atoms with Gasteiger partial charge in [-0.25, -0.2) is 0 Å². The highest BCUT2D eigenvalue weighted by Crippen LogP contribution is 2.30. The number of thioether (sulfide) groups is 1. The summed E-state index contributed by atoms with van der Waals surface area (Å²) in [6.07, 6.45) is 2.86. The SMILES string of the molecule is CCCNC(CCC(F)(F)F)CSC1CCCCC1. The van der Waals surface area contributed by atoms with Crippen molar-refractivity contribution in [1.82, 2.24) is 5.32 Å². The minimum atomic E-state index is -4.03. The van der Waals surface area contributed by atoms with Crippen molar-refractivity contribution in [2.24, 2.45) is 0 Å². The summed E-state index contributed by atoms with van der Waals surface area (Å²) in [5.74, 6) is 0.820. The van der Waals surface area contributed by atoms with Crippen LogP contribution in [-0.4, -0.2) is 29.8 Å². The highest BCUT2D eigenvalue weighted by atomic mass is 32.2. The van der Waals surface area contributed by atoms with E-state index >= 15 is 0 Å². The van der Waals surface area contributed by atoms with Crippen LogP contribution >= 0.6 is 11.8 Å². The molecular formula is C14H26F3NS. The molecule has 0 aliphatic heterocycles. The third kappa shape index (κ3) is 8.79. The number of nitrogens with one attached hydrogen (secondary N) is 1. The van der Waals surface area contributed by atoms with Crippen LogP contribution in [0.1, 0.15) is 58.3 Å². The van der Waals surface area contributed by atoms with E-state index in [-0.39, 0.29) is 12.5 Å². The quantitative estimate of drug-likeness (QED) is 0.693. The standard InChI is InChI=1S/C14H26F3NS/c1-2-10-18-12(8-9-14(15,16)17)11-19-13-6-4-3-5-7-13/h12-13,18H,2-11H2,1H3. The van der Waals surface area contributed by atoms with Gasteiger partial charge < -0.3 is 5.32 Å². The molecule has 1 saturated carbocycles. The molecule has 1 N–H and O–H groups in total. The van der Waals surface area contributed by atoms with Gasteiger partial charge in [-0.15, -0.1) is 0 Å². The first-order valence-corrected chi connectivity index (χ1v) is 8.48. The normalized spacial score (nSPS) is 19.6. The summed E-state index contributed by atoms with van der Waals surface area (Å²) in [6, 6.07) is 0.00787. The topological polar surface area (TPSA) is 12.0 Å². The van der Waals surface area contributed by atoms with Gasteiger partial charge in [0.2, 0.25) is 0 Å². The van der Waals surface area contributed by atoms with Crippen LogP contribution in [0.5, 0.6) is 0 Å². The van der Waals surface area contributed by atoms with Gasteiger partial charge in [-0.1, -0.05) is 26.2 Å². The summed E-state index contributed by atoms with van der Waals surface area (Å²) in [7, 11) is 0. The predicted molar refractivity (Wildman–Crippen MR) is 76.7 cm³/mol. The zero-order valence-electron chi connectivity index (χ0n) is 11.8. The van der Waals surface area contributed by atoms with Crippen LogP contribution in [0.3, 0.4) is 0 Å². The molecule has 19 heavy (non-hydrogen) atoms. The molecule has 0 aromatic carbocycles. The molecule has 5 heteroatoms. The first-order valence-electron chi connectivity index (χ1n) is 7.43. The molecule has 1 atom stereocenters. The zero-order valence-corrected chi connectivity index (χ0v) is 12.6. The van der Waals surface area contributed by atoms with Crippen molar-refractivity contribution in [1.29, 1.82) is 0 Å². The van der Waals surface area contributed by atoms with E-state index in [1.165, 1.54) is 32.1 Å². The van der Waals surface area contributed by atoms with Gasteiger partial charge in [0.25, 0.3) is 0 Å². The molecule has 1 nitrogen and oxygen atoms in total. The highest BCUT2D eigenvalue weighted by Gasteiger charge is 2.28. The Hall–Kier alpha value is 0.100. The Bertz CT molecular complexity index is 227. The van der Waals surface area contributed by atoms with Gasteiger partial charge in [0, 0.05) is 23.5 Å². The van der Waals surface area contributed by atoms with E-state index in [0.717, 1.165) is 18.7 Å². The van der Waals surface area contributed by atoms with Crippen molar-refractivity contribution in [2.75, 3.05) is 12.3 Å². The molecule has 0 amide bonds. The maximum Gasteiger partial charge on any atom is 0.389 e. The predicted octanol–water partition coefficient (Wildman–Crippen LogP) is 4.76. The smallest absolute Gasteiger partial charge is 0.313 e. The van der Waals surface area contributed by atoms with Crippen molar-refractivity contribution in [2.45, 2.75) is 75.8 Å². The molecule has 0 heterocycles. The fourth-order valence-corrected chi connectivity index (χ4v) is 3.87. The molecule has 1 rings (SSSR count). The maximum atomic E-state index is 12.3. The Morgan fingerprint density at radius 2 is 1.89 bits per heavy atom. The van der Waals surface area contributed by atoms with Crippen LogP contribution < -0.4 is 5.32 Å². The monoisotopic (exact) mass is 297 g/mol. The summed E-state index contributed by atoms with van der Waals surface area (Å²) >= 11 is 1.88. The highest BCUT2D eigenvalue weighted by molar-refractivity contribution is 7.99. The number of rotatable bonds is 8. The van der Waals surface area contributed by atoms with Crippen LogP contribution in [0.4, 0.5) is 13.2 Å².